The number of nitrogens with zero attached hydrogens (tertiary/aromatic N) is 5. The SMILES string of the molecule is CCCCS(=O)(=O)Nc1ccc(N2CCN(c3ncccn3)CC2)cn1. The molecule has 0 unspecified atom stereocenters. The van der Waals surface area contributed by atoms with Gasteiger partial charge in [-0.2, -0.15) is 0 Å². The van der Waals surface area contributed by atoms with Crippen LogP contribution in [0.25, 0.3) is 0 Å². The van der Waals surface area contributed by atoms with Crippen LogP contribution in [-0.2, 0) is 10.0 Å². The Balaban J connectivity index is 1.56. The summed E-state index contributed by atoms with van der Waals surface area (Å²) in [6, 6.07) is 5.42. The molecule has 0 aliphatic carbocycles. The molecule has 2 aromatic heterocycles. The maximum atomic E-state index is 11.9. The molecule has 3 heterocycles. The van der Waals surface area contributed by atoms with Gasteiger partial charge in [-0.3, -0.25) is 4.72 Å². The number of pyridine rings is 1. The fourth-order valence-electron chi connectivity index (χ4n) is 2.80. The van der Waals surface area contributed by atoms with Crippen LogP contribution in [0.5, 0.6) is 0 Å². The van der Waals surface area contributed by atoms with Crippen molar-refractivity contribution in [3.63, 3.8) is 0 Å². The summed E-state index contributed by atoms with van der Waals surface area (Å²) < 4.78 is 26.4. The molecular formula is C17H24N6O2S. The lowest BCUT2D eigenvalue weighted by Crippen LogP contribution is -2.47. The second-order valence-electron chi connectivity index (χ2n) is 6.20. The Morgan fingerprint density at radius 3 is 2.35 bits per heavy atom. The van der Waals surface area contributed by atoms with Crippen LogP contribution in [0.3, 0.4) is 0 Å². The molecule has 0 saturated carbocycles. The third kappa shape index (κ3) is 4.81. The van der Waals surface area contributed by atoms with Crippen molar-refractivity contribution in [3.8, 4) is 0 Å². The minimum atomic E-state index is -3.32. The molecule has 0 atom stereocenters. The molecule has 0 amide bonds. The zero-order valence-electron chi connectivity index (χ0n) is 14.9. The van der Waals surface area contributed by atoms with Gasteiger partial charge in [0.2, 0.25) is 16.0 Å². The van der Waals surface area contributed by atoms with Crippen LogP contribution in [-0.4, -0.2) is 55.3 Å². The zero-order chi connectivity index (χ0) is 18.4. The first-order valence-electron chi connectivity index (χ1n) is 8.81. The average molecular weight is 376 g/mol. The third-order valence-electron chi connectivity index (χ3n) is 4.25. The van der Waals surface area contributed by atoms with Crippen molar-refractivity contribution >= 4 is 27.5 Å². The van der Waals surface area contributed by atoms with Crippen LogP contribution < -0.4 is 14.5 Å². The van der Waals surface area contributed by atoms with Crippen molar-refractivity contribution in [1.29, 1.82) is 0 Å². The molecule has 3 rings (SSSR count). The number of hydrogen-bond donors (Lipinski definition) is 1. The minimum Gasteiger partial charge on any atom is -0.367 e. The molecule has 26 heavy (non-hydrogen) atoms. The van der Waals surface area contributed by atoms with Crippen LogP contribution in [0.15, 0.2) is 36.8 Å². The first-order valence-corrected chi connectivity index (χ1v) is 10.5. The van der Waals surface area contributed by atoms with Gasteiger partial charge in [-0.1, -0.05) is 13.3 Å². The summed E-state index contributed by atoms with van der Waals surface area (Å²) in [5.41, 5.74) is 0.982. The van der Waals surface area contributed by atoms with Crippen molar-refractivity contribution in [2.24, 2.45) is 0 Å². The number of piperazine rings is 1. The van der Waals surface area contributed by atoms with E-state index >= 15 is 0 Å². The number of sulfonamides is 1. The molecule has 140 valence electrons. The molecule has 1 saturated heterocycles. The van der Waals surface area contributed by atoms with Crippen LogP contribution in [0.1, 0.15) is 19.8 Å². The van der Waals surface area contributed by atoms with E-state index in [1.807, 2.05) is 19.1 Å². The van der Waals surface area contributed by atoms with Gasteiger partial charge in [0, 0.05) is 38.6 Å². The lowest BCUT2D eigenvalue weighted by Gasteiger charge is -2.35. The second kappa shape index (κ2) is 8.31. The molecule has 0 radical (unpaired) electrons. The lowest BCUT2D eigenvalue weighted by atomic mass is 10.3. The summed E-state index contributed by atoms with van der Waals surface area (Å²) in [7, 11) is -3.32. The molecule has 1 aliphatic rings. The lowest BCUT2D eigenvalue weighted by molar-refractivity contribution is 0.597. The highest BCUT2D eigenvalue weighted by atomic mass is 32.2. The highest BCUT2D eigenvalue weighted by Gasteiger charge is 2.19. The Labute approximate surface area is 154 Å². The molecule has 2 aromatic rings. The van der Waals surface area contributed by atoms with Gasteiger partial charge in [0.25, 0.3) is 0 Å². The smallest absolute Gasteiger partial charge is 0.233 e. The molecule has 1 fully saturated rings. The van der Waals surface area contributed by atoms with E-state index in [0.29, 0.717) is 12.2 Å². The van der Waals surface area contributed by atoms with Gasteiger partial charge in [-0.05, 0) is 24.6 Å². The first-order chi connectivity index (χ1) is 12.6. The molecule has 0 spiro atoms. The Hall–Kier alpha value is -2.42. The molecule has 1 aliphatic heterocycles. The summed E-state index contributed by atoms with van der Waals surface area (Å²) in [6.45, 7) is 5.29. The predicted octanol–water partition coefficient (Wildman–Crippen LogP) is 1.74. The molecule has 0 bridgehead atoms. The highest BCUT2D eigenvalue weighted by molar-refractivity contribution is 7.92. The fraction of sp³-hybridized carbons (Fsp3) is 0.471. The van der Waals surface area contributed by atoms with Gasteiger partial charge in [0.05, 0.1) is 17.6 Å². The molecule has 9 heteroatoms. The van der Waals surface area contributed by atoms with Crippen LogP contribution in [0, 0.1) is 0 Å². The molecule has 1 N–H and O–H groups in total. The van der Waals surface area contributed by atoms with Crippen molar-refractivity contribution in [2.75, 3.05) is 46.5 Å². The Bertz CT molecular complexity index is 790. The van der Waals surface area contributed by atoms with E-state index in [1.54, 1.807) is 24.7 Å². The largest absolute Gasteiger partial charge is 0.367 e. The van der Waals surface area contributed by atoms with E-state index in [2.05, 4.69) is 29.5 Å². The van der Waals surface area contributed by atoms with Gasteiger partial charge in [-0.25, -0.2) is 23.4 Å². The highest BCUT2D eigenvalue weighted by Crippen LogP contribution is 2.19. The van der Waals surface area contributed by atoms with E-state index in [9.17, 15) is 8.42 Å². The Morgan fingerprint density at radius 1 is 1.04 bits per heavy atom. The Kier molecular flexibility index (Phi) is 5.87. The molecular weight excluding hydrogens is 352 g/mol. The number of aromatic nitrogens is 3. The predicted molar refractivity (Wildman–Crippen MR) is 103 cm³/mol. The normalized spacial score (nSPS) is 15.1. The van der Waals surface area contributed by atoms with Crippen molar-refractivity contribution < 1.29 is 8.42 Å². The zero-order valence-corrected chi connectivity index (χ0v) is 15.7. The van der Waals surface area contributed by atoms with Crippen molar-refractivity contribution in [1.82, 2.24) is 15.0 Å². The summed E-state index contributed by atoms with van der Waals surface area (Å²) in [5, 5.41) is 0. The van der Waals surface area contributed by atoms with Gasteiger partial charge in [-0.15, -0.1) is 0 Å². The maximum absolute atomic E-state index is 11.9. The number of unbranched alkanes of at least 4 members (excludes halogenated alkanes) is 1. The van der Waals surface area contributed by atoms with Crippen LogP contribution >= 0.6 is 0 Å². The number of anilines is 3. The van der Waals surface area contributed by atoms with Gasteiger partial charge < -0.3 is 9.80 Å². The summed E-state index contributed by atoms with van der Waals surface area (Å²) in [5.74, 6) is 1.24. The monoisotopic (exact) mass is 376 g/mol. The van der Waals surface area contributed by atoms with E-state index in [0.717, 1.165) is 44.2 Å². The minimum absolute atomic E-state index is 0.121. The number of nitrogens with one attached hydrogen (secondary N) is 1. The second-order valence-corrected chi connectivity index (χ2v) is 8.04. The van der Waals surface area contributed by atoms with E-state index in [1.165, 1.54) is 0 Å². The fourth-order valence-corrected chi connectivity index (χ4v) is 4.01. The first kappa shape index (κ1) is 18.4. The van der Waals surface area contributed by atoms with Crippen molar-refractivity contribution in [3.05, 3.63) is 36.8 Å². The van der Waals surface area contributed by atoms with Crippen LogP contribution in [0.2, 0.25) is 0 Å². The maximum Gasteiger partial charge on any atom is 0.233 e. The average Bonchev–Trinajstić information content (AvgIpc) is 2.68. The van der Waals surface area contributed by atoms with Crippen molar-refractivity contribution in [2.45, 2.75) is 19.8 Å². The number of rotatable bonds is 7. The quantitative estimate of drug-likeness (QED) is 0.787. The summed E-state index contributed by atoms with van der Waals surface area (Å²) in [4.78, 5) is 17.2. The van der Waals surface area contributed by atoms with E-state index in [4.69, 9.17) is 0 Å². The topological polar surface area (TPSA) is 91.3 Å². The molecule has 0 aromatic carbocycles. The van der Waals surface area contributed by atoms with Gasteiger partial charge >= 0.3 is 0 Å². The summed E-state index contributed by atoms with van der Waals surface area (Å²) in [6.07, 6.45) is 6.69. The standard InChI is InChI=1S/C17H24N6O2S/c1-2-3-13-26(24,25)21-16-6-5-15(14-20-16)22-9-11-23(12-10-22)17-18-7-4-8-19-17/h4-8,14H,2-3,9-13H2,1H3,(H,20,21). The number of hydrogen-bond acceptors (Lipinski definition) is 7. The van der Waals surface area contributed by atoms with Crippen LogP contribution in [0.4, 0.5) is 17.5 Å². The molecule has 8 nitrogen and oxygen atoms in total. The van der Waals surface area contributed by atoms with E-state index in [-0.39, 0.29) is 5.75 Å². The van der Waals surface area contributed by atoms with Gasteiger partial charge in [0.15, 0.2) is 0 Å². The summed E-state index contributed by atoms with van der Waals surface area (Å²) >= 11 is 0. The Morgan fingerprint density at radius 2 is 1.73 bits per heavy atom. The van der Waals surface area contributed by atoms with Gasteiger partial charge in [0.1, 0.15) is 5.82 Å². The van der Waals surface area contributed by atoms with E-state index < -0.39 is 10.0 Å². The third-order valence-corrected chi connectivity index (χ3v) is 5.60.